The van der Waals surface area contributed by atoms with Crippen LogP contribution in [0.5, 0.6) is 0 Å². The number of hydrogen-bond donors (Lipinski definition) is 2. The summed E-state index contributed by atoms with van der Waals surface area (Å²) in [6.45, 7) is 2.59. The van der Waals surface area contributed by atoms with Crippen molar-refractivity contribution < 1.29 is 8.42 Å². The van der Waals surface area contributed by atoms with Gasteiger partial charge in [-0.15, -0.1) is 0 Å². The summed E-state index contributed by atoms with van der Waals surface area (Å²) < 4.78 is 27.6. The van der Waals surface area contributed by atoms with E-state index in [1.807, 2.05) is 12.1 Å². The molecule has 5 nitrogen and oxygen atoms in total. The summed E-state index contributed by atoms with van der Waals surface area (Å²) in [5, 5.41) is 0. The van der Waals surface area contributed by atoms with Crippen LogP contribution in [0.3, 0.4) is 0 Å². The number of anilines is 2. The van der Waals surface area contributed by atoms with Gasteiger partial charge in [-0.2, -0.15) is 13.1 Å². The van der Waals surface area contributed by atoms with Crippen LogP contribution in [0.1, 0.15) is 12.5 Å². The molecule has 0 atom stereocenters. The van der Waals surface area contributed by atoms with E-state index in [-0.39, 0.29) is 0 Å². The van der Waals surface area contributed by atoms with Crippen LogP contribution in [-0.2, 0) is 16.6 Å². The number of nitrogens with one attached hydrogen (secondary N) is 1. The molecular weight excluding hydrogens is 226 g/mol. The van der Waals surface area contributed by atoms with Crippen molar-refractivity contribution in [2.75, 3.05) is 23.1 Å². The molecule has 0 aliphatic carbocycles. The van der Waals surface area contributed by atoms with Gasteiger partial charge in [0.15, 0.2) is 0 Å². The zero-order valence-corrected chi connectivity index (χ0v) is 9.92. The third-order valence-electron chi connectivity index (χ3n) is 2.60. The van der Waals surface area contributed by atoms with Gasteiger partial charge in [-0.3, -0.25) is 4.31 Å². The van der Waals surface area contributed by atoms with Gasteiger partial charge in [0.05, 0.1) is 11.4 Å². The number of hydrogen-bond acceptors (Lipinski definition) is 3. The number of benzene rings is 1. The number of nitrogen functional groups attached to an aromatic ring is 1. The molecule has 0 saturated heterocycles. The molecule has 0 aromatic heterocycles. The molecule has 0 saturated carbocycles. The number of para-hydroxylation sites is 1. The second kappa shape index (κ2) is 3.95. The van der Waals surface area contributed by atoms with Crippen molar-refractivity contribution in [3.8, 4) is 0 Å². The standard InChI is InChI=1S/C10H15N3O2S/c1-2-12-16(14,15)13-7-6-8-4-3-5-9(11)10(8)13/h3-5,12H,2,6-7,11H2,1H3. The average Bonchev–Trinajstić information content (AvgIpc) is 2.63. The maximum absolute atomic E-state index is 11.9. The fourth-order valence-electron chi connectivity index (χ4n) is 1.95. The maximum atomic E-state index is 11.9. The maximum Gasteiger partial charge on any atom is 0.301 e. The van der Waals surface area contributed by atoms with Gasteiger partial charge in [-0.25, -0.2) is 0 Å². The lowest BCUT2D eigenvalue weighted by Crippen LogP contribution is -2.39. The number of rotatable bonds is 3. The molecule has 0 radical (unpaired) electrons. The predicted octanol–water partition coefficient (Wildman–Crippen LogP) is 0.486. The average molecular weight is 241 g/mol. The molecule has 0 amide bonds. The SMILES string of the molecule is CCNS(=O)(=O)N1CCc2cccc(N)c21. The molecular formula is C10H15N3O2S. The van der Waals surface area contributed by atoms with Crippen molar-refractivity contribution in [1.29, 1.82) is 0 Å². The summed E-state index contributed by atoms with van der Waals surface area (Å²) in [4.78, 5) is 0. The van der Waals surface area contributed by atoms with Gasteiger partial charge >= 0.3 is 10.2 Å². The third kappa shape index (κ3) is 1.74. The molecule has 0 fully saturated rings. The highest BCUT2D eigenvalue weighted by Gasteiger charge is 2.30. The number of nitrogens with two attached hydrogens (primary N) is 1. The van der Waals surface area contributed by atoms with E-state index < -0.39 is 10.2 Å². The van der Waals surface area contributed by atoms with Gasteiger partial charge < -0.3 is 5.73 Å². The molecule has 1 aliphatic rings. The molecule has 88 valence electrons. The van der Waals surface area contributed by atoms with Crippen molar-refractivity contribution in [3.05, 3.63) is 23.8 Å². The summed E-state index contributed by atoms with van der Waals surface area (Å²) in [6.07, 6.45) is 0.713. The van der Waals surface area contributed by atoms with Gasteiger partial charge in [0.2, 0.25) is 0 Å². The van der Waals surface area contributed by atoms with Gasteiger partial charge in [0, 0.05) is 13.1 Å². The van der Waals surface area contributed by atoms with Crippen molar-refractivity contribution in [1.82, 2.24) is 4.72 Å². The van der Waals surface area contributed by atoms with E-state index in [0.29, 0.717) is 30.9 Å². The molecule has 1 aromatic rings. The summed E-state index contributed by atoms with van der Waals surface area (Å²) in [6, 6.07) is 5.48. The minimum Gasteiger partial charge on any atom is -0.397 e. The first kappa shape index (κ1) is 11.2. The van der Waals surface area contributed by atoms with Crippen LogP contribution < -0.4 is 14.8 Å². The van der Waals surface area contributed by atoms with Crippen LogP contribution in [0.25, 0.3) is 0 Å². The van der Waals surface area contributed by atoms with E-state index in [1.165, 1.54) is 4.31 Å². The van der Waals surface area contributed by atoms with Crippen LogP contribution >= 0.6 is 0 Å². The van der Waals surface area contributed by atoms with Crippen molar-refractivity contribution in [2.45, 2.75) is 13.3 Å². The summed E-state index contributed by atoms with van der Waals surface area (Å²) in [5.41, 5.74) is 7.95. The Morgan fingerprint density at radius 2 is 2.25 bits per heavy atom. The first-order valence-corrected chi connectivity index (χ1v) is 6.65. The topological polar surface area (TPSA) is 75.4 Å². The van der Waals surface area contributed by atoms with E-state index in [1.54, 1.807) is 13.0 Å². The second-order valence-corrected chi connectivity index (χ2v) is 5.36. The van der Waals surface area contributed by atoms with Crippen molar-refractivity contribution in [2.24, 2.45) is 0 Å². The summed E-state index contributed by atoms with van der Waals surface area (Å²) >= 11 is 0. The normalized spacial score (nSPS) is 15.2. The molecule has 2 rings (SSSR count). The van der Waals surface area contributed by atoms with E-state index in [2.05, 4.69) is 4.72 Å². The predicted molar refractivity (Wildman–Crippen MR) is 64.5 cm³/mol. The minimum absolute atomic E-state index is 0.376. The molecule has 1 aliphatic heterocycles. The molecule has 1 heterocycles. The van der Waals surface area contributed by atoms with Crippen LogP contribution in [0, 0.1) is 0 Å². The number of nitrogens with zero attached hydrogens (tertiary/aromatic N) is 1. The Hall–Kier alpha value is -1.27. The van der Waals surface area contributed by atoms with E-state index in [0.717, 1.165) is 5.56 Å². The Balaban J connectivity index is 2.44. The zero-order valence-electron chi connectivity index (χ0n) is 9.10. The Kier molecular flexibility index (Phi) is 2.77. The van der Waals surface area contributed by atoms with Crippen LogP contribution in [0.2, 0.25) is 0 Å². The quantitative estimate of drug-likeness (QED) is 0.756. The lowest BCUT2D eigenvalue weighted by Gasteiger charge is -2.20. The van der Waals surface area contributed by atoms with E-state index in [4.69, 9.17) is 5.73 Å². The first-order chi connectivity index (χ1) is 7.56. The Morgan fingerprint density at radius 1 is 1.50 bits per heavy atom. The highest BCUT2D eigenvalue weighted by molar-refractivity contribution is 7.90. The molecule has 0 unspecified atom stereocenters. The minimum atomic E-state index is -3.44. The first-order valence-electron chi connectivity index (χ1n) is 5.21. The van der Waals surface area contributed by atoms with Crippen LogP contribution in [-0.4, -0.2) is 21.5 Å². The molecule has 3 N–H and O–H groups in total. The van der Waals surface area contributed by atoms with Crippen LogP contribution in [0.15, 0.2) is 18.2 Å². The van der Waals surface area contributed by atoms with Gasteiger partial charge in [0.1, 0.15) is 0 Å². The Morgan fingerprint density at radius 3 is 2.94 bits per heavy atom. The van der Waals surface area contributed by atoms with Crippen molar-refractivity contribution >= 4 is 21.6 Å². The molecule has 1 aromatic carbocycles. The number of fused-ring (bicyclic) bond motifs is 1. The van der Waals surface area contributed by atoms with Crippen molar-refractivity contribution in [3.63, 3.8) is 0 Å². The third-order valence-corrected chi connectivity index (χ3v) is 4.20. The van der Waals surface area contributed by atoms with Gasteiger partial charge in [-0.05, 0) is 18.1 Å². The Labute approximate surface area is 95.4 Å². The lowest BCUT2D eigenvalue weighted by atomic mass is 10.1. The lowest BCUT2D eigenvalue weighted by molar-refractivity contribution is 0.580. The van der Waals surface area contributed by atoms with Gasteiger partial charge in [-0.1, -0.05) is 19.1 Å². The second-order valence-electron chi connectivity index (χ2n) is 3.68. The zero-order chi connectivity index (χ0) is 11.8. The summed E-state index contributed by atoms with van der Waals surface area (Å²) in [5.74, 6) is 0. The fourth-order valence-corrected chi connectivity index (χ4v) is 3.27. The van der Waals surface area contributed by atoms with E-state index in [9.17, 15) is 8.42 Å². The fraction of sp³-hybridized carbons (Fsp3) is 0.400. The smallest absolute Gasteiger partial charge is 0.301 e. The highest BCUT2D eigenvalue weighted by Crippen LogP contribution is 2.34. The molecule has 16 heavy (non-hydrogen) atoms. The highest BCUT2D eigenvalue weighted by atomic mass is 32.2. The molecule has 0 bridgehead atoms. The molecule has 6 heteroatoms. The monoisotopic (exact) mass is 241 g/mol. The van der Waals surface area contributed by atoms with E-state index >= 15 is 0 Å². The van der Waals surface area contributed by atoms with Gasteiger partial charge in [0.25, 0.3) is 0 Å². The molecule has 0 spiro atoms. The largest absolute Gasteiger partial charge is 0.397 e. The summed E-state index contributed by atoms with van der Waals surface area (Å²) in [7, 11) is -3.44. The van der Waals surface area contributed by atoms with Crippen LogP contribution in [0.4, 0.5) is 11.4 Å². The Bertz CT molecular complexity index is 499.